The van der Waals surface area contributed by atoms with Gasteiger partial charge in [-0.05, 0) is 80.3 Å². The Balaban J connectivity index is 0.762. The van der Waals surface area contributed by atoms with Crippen LogP contribution in [0.25, 0.3) is 31.9 Å². The van der Waals surface area contributed by atoms with Crippen molar-refractivity contribution < 1.29 is 29.1 Å². The van der Waals surface area contributed by atoms with Crippen molar-refractivity contribution in [2.45, 2.75) is 96.5 Å². The summed E-state index contributed by atoms with van der Waals surface area (Å²) in [4.78, 5) is 55.7. The molecule has 4 aliphatic rings. The summed E-state index contributed by atoms with van der Waals surface area (Å²) in [6, 6.07) is 18.2. The van der Waals surface area contributed by atoms with E-state index < -0.39 is 18.1 Å². The predicted octanol–water partition coefficient (Wildman–Crippen LogP) is 6.73. The van der Waals surface area contributed by atoms with Crippen LogP contribution >= 0.6 is 22.7 Å². The Bertz CT molecular complexity index is 2730. The second-order valence-corrected chi connectivity index (χ2v) is 20.3. The lowest BCUT2D eigenvalue weighted by Crippen LogP contribution is -2.51. The number of thiazole rings is 1. The van der Waals surface area contributed by atoms with Crippen molar-refractivity contribution >= 4 is 56.4 Å². The summed E-state index contributed by atoms with van der Waals surface area (Å²) in [6.45, 7) is 9.25. The van der Waals surface area contributed by atoms with Crippen molar-refractivity contribution in [3.8, 4) is 27.4 Å². The first-order chi connectivity index (χ1) is 30.9. The fourth-order valence-corrected chi connectivity index (χ4v) is 12.3. The number of thiophene rings is 1. The van der Waals surface area contributed by atoms with Crippen molar-refractivity contribution in [3.05, 3.63) is 93.6 Å². The molecule has 3 aliphatic heterocycles. The molecule has 3 saturated heterocycles. The fraction of sp³-hybridized carbons (Fsp3) is 0.438. The first kappa shape index (κ1) is 42.3. The predicted molar refractivity (Wildman–Crippen MR) is 245 cm³/mol. The van der Waals surface area contributed by atoms with Gasteiger partial charge in [0, 0.05) is 66.2 Å². The molecule has 0 spiro atoms. The first-order valence-electron chi connectivity index (χ1n) is 22.3. The quantitative estimate of drug-likeness (QED) is 0.126. The number of likely N-dealkylation sites (tertiary alicyclic amines) is 2. The van der Waals surface area contributed by atoms with Gasteiger partial charge in [0.15, 0.2) is 5.82 Å². The standard InChI is InChI=1S/C48H52N8O6S2/c1-25(2)36(48(61)56-23-33(57)17-40(56)45(59)50-26(3)28-9-11-29(12-10-28)44-27(4)49-24-63-44)18-34-19-43(53-62-34)54-21-32-16-31(54)22-55(32)47(60)30-13-14-42-37(15-30)38-20-39(51-52-46(38)64-42)35-7-5-6-8-41(35)58/h5-12,19-20,24-26,30-33,36,40,57-58H,13-18,21-23H2,1-4H3,(H,50,59)/t26-,30+,31+,32+,33+,36-,40-/m0/s1. The summed E-state index contributed by atoms with van der Waals surface area (Å²) in [5, 5.41) is 38.7. The number of aryl methyl sites for hydroxylation is 2. The van der Waals surface area contributed by atoms with Gasteiger partial charge < -0.3 is 34.8 Å². The lowest BCUT2D eigenvalue weighted by Gasteiger charge is -2.36. The van der Waals surface area contributed by atoms with E-state index in [9.17, 15) is 24.6 Å². The van der Waals surface area contributed by atoms with E-state index in [1.807, 2.05) is 81.7 Å². The van der Waals surface area contributed by atoms with E-state index in [-0.39, 0.29) is 66.4 Å². The molecule has 3 N–H and O–H groups in total. The largest absolute Gasteiger partial charge is 0.507 e. The number of benzene rings is 2. The van der Waals surface area contributed by atoms with Gasteiger partial charge in [-0.3, -0.25) is 14.4 Å². The van der Waals surface area contributed by atoms with Crippen LogP contribution in [0, 0.1) is 24.7 Å². The lowest BCUT2D eigenvalue weighted by atomic mass is 9.86. The van der Waals surface area contributed by atoms with E-state index in [1.165, 1.54) is 10.4 Å². The van der Waals surface area contributed by atoms with Crippen molar-refractivity contribution in [1.29, 1.82) is 0 Å². The number of hydrogen-bond donors (Lipinski definition) is 3. The van der Waals surface area contributed by atoms with Gasteiger partial charge in [0.05, 0.1) is 46.0 Å². The monoisotopic (exact) mass is 900 g/mol. The van der Waals surface area contributed by atoms with Crippen molar-refractivity contribution in [2.24, 2.45) is 17.8 Å². The molecule has 3 fully saturated rings. The number of carbonyl (C=O) groups is 3. The number of β-amino-alcohol motifs (C(OH)–C–C–N with tert-alkyl or cyclic N) is 1. The Morgan fingerprint density at radius 1 is 0.969 bits per heavy atom. The minimum absolute atomic E-state index is 0.0698. The molecule has 4 aromatic heterocycles. The van der Waals surface area contributed by atoms with Gasteiger partial charge in [-0.15, -0.1) is 32.9 Å². The number of aliphatic hydroxyl groups excluding tert-OH is 1. The highest BCUT2D eigenvalue weighted by Gasteiger charge is 2.48. The topological polar surface area (TPSA) is 178 Å². The van der Waals surface area contributed by atoms with Crippen LogP contribution in [0.4, 0.5) is 5.82 Å². The average molecular weight is 901 g/mol. The summed E-state index contributed by atoms with van der Waals surface area (Å²) in [7, 11) is 0. The SMILES string of the molecule is Cc1ncsc1-c1ccc([C@H](C)NC(=O)[C@@H]2C[C@@H](O)CN2C(=O)[C@@H](Cc2cc(N3C[C@H]4C[C@@H]3CN4C(=O)[C@@H]3CCc4sc5nnc(-c6ccccc6O)cc5c4C3)no2)C(C)C)cc1. The third-order valence-corrected chi connectivity index (χ3v) is 16.1. The van der Waals surface area contributed by atoms with E-state index in [4.69, 9.17) is 4.52 Å². The number of phenolic OH excluding ortho intramolecular Hbond substituents is 1. The Morgan fingerprint density at radius 2 is 1.78 bits per heavy atom. The van der Waals surface area contributed by atoms with Crippen LogP contribution in [0.3, 0.4) is 0 Å². The maximum atomic E-state index is 14.3. The molecule has 1 aliphatic carbocycles. The molecule has 3 amide bonds. The summed E-state index contributed by atoms with van der Waals surface area (Å²) in [5.41, 5.74) is 7.25. The minimum Gasteiger partial charge on any atom is -0.507 e. The number of nitrogens with one attached hydrogen (secondary N) is 1. The number of aliphatic hydroxyl groups is 1. The smallest absolute Gasteiger partial charge is 0.243 e. The average Bonchev–Trinajstić information content (AvgIpc) is 4.17. The van der Waals surface area contributed by atoms with E-state index in [2.05, 4.69) is 35.5 Å². The molecule has 0 saturated carbocycles. The number of aromatic hydroxyl groups is 1. The molecule has 10 rings (SSSR count). The van der Waals surface area contributed by atoms with E-state index in [0.717, 1.165) is 51.2 Å². The number of phenols is 1. The van der Waals surface area contributed by atoms with Crippen LogP contribution in [0.5, 0.6) is 5.75 Å². The van der Waals surface area contributed by atoms with Gasteiger partial charge in [0.2, 0.25) is 17.7 Å². The number of para-hydroxylation sites is 1. The Hall–Kier alpha value is -5.71. The molecule has 2 bridgehead atoms. The van der Waals surface area contributed by atoms with E-state index >= 15 is 0 Å². The number of carbonyl (C=O) groups excluding carboxylic acids is 3. The number of anilines is 1. The molecule has 16 heteroatoms. The summed E-state index contributed by atoms with van der Waals surface area (Å²) >= 11 is 3.24. The number of fused-ring (bicyclic) bond motifs is 5. The number of rotatable bonds is 11. The summed E-state index contributed by atoms with van der Waals surface area (Å²) in [5.74, 6) is 0.482. The summed E-state index contributed by atoms with van der Waals surface area (Å²) in [6.07, 6.45) is 2.81. The third-order valence-electron chi connectivity index (χ3n) is 13.9. The third kappa shape index (κ3) is 7.83. The molecular weight excluding hydrogens is 849 g/mol. The number of amides is 3. The number of piperazine rings is 1. The molecule has 2 aromatic carbocycles. The maximum absolute atomic E-state index is 14.3. The van der Waals surface area contributed by atoms with Crippen LogP contribution in [0.1, 0.15) is 73.5 Å². The maximum Gasteiger partial charge on any atom is 0.243 e. The summed E-state index contributed by atoms with van der Waals surface area (Å²) < 4.78 is 5.89. The zero-order chi connectivity index (χ0) is 44.4. The Kier molecular flexibility index (Phi) is 11.2. The minimum atomic E-state index is -0.802. The van der Waals surface area contributed by atoms with E-state index in [0.29, 0.717) is 48.8 Å². The van der Waals surface area contributed by atoms with Gasteiger partial charge in [-0.25, -0.2) is 4.98 Å². The zero-order valence-corrected chi connectivity index (χ0v) is 37.9. The molecule has 7 atom stereocenters. The lowest BCUT2D eigenvalue weighted by molar-refractivity contribution is -0.143. The van der Waals surface area contributed by atoms with E-state index in [1.54, 1.807) is 39.7 Å². The number of nitrogens with zero attached hydrogens (tertiary/aromatic N) is 7. The van der Waals surface area contributed by atoms with Crippen LogP contribution in [-0.4, -0.2) is 102 Å². The fourth-order valence-electron chi connectivity index (χ4n) is 10.3. The number of hydrogen-bond acceptors (Lipinski definition) is 13. The second kappa shape index (κ2) is 17.0. The van der Waals surface area contributed by atoms with Gasteiger partial charge in [-0.2, -0.15) is 0 Å². The van der Waals surface area contributed by atoms with Crippen LogP contribution in [0.2, 0.25) is 0 Å². The van der Waals surface area contributed by atoms with Crippen molar-refractivity contribution in [3.63, 3.8) is 0 Å². The second-order valence-electron chi connectivity index (χ2n) is 18.3. The van der Waals surface area contributed by atoms with Gasteiger partial charge in [0.25, 0.3) is 0 Å². The molecule has 7 heterocycles. The first-order valence-corrected chi connectivity index (χ1v) is 24.0. The van der Waals surface area contributed by atoms with Crippen molar-refractivity contribution in [2.75, 3.05) is 24.5 Å². The highest BCUT2D eigenvalue weighted by molar-refractivity contribution is 7.18. The van der Waals surface area contributed by atoms with Crippen LogP contribution in [0.15, 0.2) is 70.7 Å². The molecule has 332 valence electrons. The normalized spacial score (nSPS) is 22.7. The zero-order valence-electron chi connectivity index (χ0n) is 36.3. The Labute approximate surface area is 379 Å². The molecule has 14 nitrogen and oxygen atoms in total. The highest BCUT2D eigenvalue weighted by Crippen LogP contribution is 2.42. The van der Waals surface area contributed by atoms with Crippen molar-refractivity contribution in [1.82, 2.24) is 35.5 Å². The molecule has 6 aromatic rings. The van der Waals surface area contributed by atoms with Crippen LogP contribution < -0.4 is 10.2 Å². The molecular formula is C48H52N8O6S2. The molecule has 64 heavy (non-hydrogen) atoms. The van der Waals surface area contributed by atoms with Gasteiger partial charge in [-0.1, -0.05) is 55.4 Å². The molecule has 0 radical (unpaired) electrons. The van der Waals surface area contributed by atoms with Gasteiger partial charge in [0.1, 0.15) is 22.4 Å². The van der Waals surface area contributed by atoms with Crippen LogP contribution in [-0.2, 0) is 33.6 Å². The molecule has 0 unspecified atom stereocenters. The number of aromatic nitrogens is 4. The van der Waals surface area contributed by atoms with Gasteiger partial charge >= 0.3 is 0 Å². The Morgan fingerprint density at radius 3 is 2.52 bits per heavy atom. The highest BCUT2D eigenvalue weighted by atomic mass is 32.1.